The summed E-state index contributed by atoms with van der Waals surface area (Å²) >= 11 is 1.04. The van der Waals surface area contributed by atoms with Gasteiger partial charge in [0.25, 0.3) is 0 Å². The van der Waals surface area contributed by atoms with Crippen LogP contribution in [0.15, 0.2) is 12.1 Å². The van der Waals surface area contributed by atoms with Crippen LogP contribution in [-0.2, 0) is 0 Å². The van der Waals surface area contributed by atoms with Crippen molar-refractivity contribution >= 4 is 22.8 Å². The van der Waals surface area contributed by atoms with Crippen LogP contribution < -0.4 is 0 Å². The molecule has 0 atom stereocenters. The van der Waals surface area contributed by atoms with Crippen LogP contribution in [0.5, 0.6) is 0 Å². The lowest BCUT2D eigenvalue weighted by Crippen LogP contribution is -1.80. The molecule has 2 rings (SSSR count). The van der Waals surface area contributed by atoms with Gasteiger partial charge in [-0.2, -0.15) is 8.75 Å². The van der Waals surface area contributed by atoms with Crippen LogP contribution >= 0.6 is 11.7 Å². The first-order valence-corrected chi connectivity index (χ1v) is 3.89. The van der Waals surface area contributed by atoms with Crippen molar-refractivity contribution in [1.29, 1.82) is 0 Å². The molecule has 56 valence electrons. The lowest BCUT2D eigenvalue weighted by Gasteiger charge is -1.91. The number of rotatable bonds is 0. The van der Waals surface area contributed by atoms with E-state index in [1.165, 1.54) is 6.07 Å². The molecule has 1 aromatic carbocycles. The second-order valence-electron chi connectivity index (χ2n) is 2.38. The third-order valence-electron chi connectivity index (χ3n) is 1.46. The van der Waals surface area contributed by atoms with E-state index in [-0.39, 0.29) is 5.82 Å². The van der Waals surface area contributed by atoms with Crippen LogP contribution in [0.2, 0.25) is 0 Å². The predicted octanol–water partition coefficient (Wildman–Crippen LogP) is 2.14. The Bertz CT molecular complexity index is 396. The van der Waals surface area contributed by atoms with Gasteiger partial charge in [0.1, 0.15) is 11.0 Å². The van der Waals surface area contributed by atoms with E-state index in [1.54, 1.807) is 0 Å². The minimum absolute atomic E-state index is 0.284. The van der Waals surface area contributed by atoms with E-state index in [1.807, 2.05) is 13.0 Å². The normalized spacial score (nSPS) is 10.7. The van der Waals surface area contributed by atoms with Crippen LogP contribution in [0.25, 0.3) is 11.0 Å². The summed E-state index contributed by atoms with van der Waals surface area (Å²) in [7, 11) is 0. The number of halogens is 1. The van der Waals surface area contributed by atoms with Crippen molar-refractivity contribution < 1.29 is 4.39 Å². The van der Waals surface area contributed by atoms with Crippen LogP contribution in [0.1, 0.15) is 5.56 Å². The van der Waals surface area contributed by atoms with Crippen molar-refractivity contribution in [2.24, 2.45) is 0 Å². The van der Waals surface area contributed by atoms with Crippen LogP contribution in [0.4, 0.5) is 4.39 Å². The maximum Gasteiger partial charge on any atom is 0.152 e. The molecule has 2 nitrogen and oxygen atoms in total. The summed E-state index contributed by atoms with van der Waals surface area (Å²) in [5, 5.41) is 0. The number of aromatic nitrogens is 2. The second kappa shape index (κ2) is 2.23. The van der Waals surface area contributed by atoms with E-state index in [4.69, 9.17) is 0 Å². The molecule has 0 saturated heterocycles. The molecule has 0 amide bonds. The highest BCUT2D eigenvalue weighted by Crippen LogP contribution is 2.16. The van der Waals surface area contributed by atoms with E-state index in [0.29, 0.717) is 11.0 Å². The average Bonchev–Trinajstić information content (AvgIpc) is 2.34. The Morgan fingerprint density at radius 3 is 3.00 bits per heavy atom. The zero-order chi connectivity index (χ0) is 7.84. The zero-order valence-electron chi connectivity index (χ0n) is 5.84. The van der Waals surface area contributed by atoms with E-state index in [9.17, 15) is 4.39 Å². The molecule has 0 bridgehead atoms. The van der Waals surface area contributed by atoms with E-state index in [2.05, 4.69) is 8.75 Å². The highest BCUT2D eigenvalue weighted by molar-refractivity contribution is 7.00. The minimum Gasteiger partial charge on any atom is -0.204 e. The third-order valence-corrected chi connectivity index (χ3v) is 2.00. The summed E-state index contributed by atoms with van der Waals surface area (Å²) in [5.41, 5.74) is 1.90. The lowest BCUT2D eigenvalue weighted by atomic mass is 10.2. The first kappa shape index (κ1) is 6.67. The fourth-order valence-corrected chi connectivity index (χ4v) is 1.51. The van der Waals surface area contributed by atoms with Gasteiger partial charge in [0.05, 0.1) is 11.7 Å². The summed E-state index contributed by atoms with van der Waals surface area (Å²) in [6.07, 6.45) is 0. The molecule has 0 fully saturated rings. The van der Waals surface area contributed by atoms with Crippen LogP contribution in [0.3, 0.4) is 0 Å². The quantitative estimate of drug-likeness (QED) is 0.602. The van der Waals surface area contributed by atoms with Gasteiger partial charge >= 0.3 is 0 Å². The predicted molar refractivity (Wildman–Crippen MR) is 42.1 cm³/mol. The van der Waals surface area contributed by atoms with Gasteiger partial charge in [-0.25, -0.2) is 4.39 Å². The number of benzene rings is 1. The van der Waals surface area contributed by atoms with Crippen LogP contribution in [0, 0.1) is 12.7 Å². The summed E-state index contributed by atoms with van der Waals surface area (Å²) in [6, 6.07) is 3.28. The summed E-state index contributed by atoms with van der Waals surface area (Å²) in [4.78, 5) is 0. The SMILES string of the molecule is Cc1cc(F)c2nsnc2c1. The first-order valence-electron chi connectivity index (χ1n) is 3.16. The molecule has 1 heterocycles. The standard InChI is InChI=1S/C7H5FN2S/c1-4-2-5(8)7-6(3-4)9-11-10-7/h2-3H,1H3. The number of hydrogen-bond donors (Lipinski definition) is 0. The Hall–Kier alpha value is -1.03. The van der Waals surface area contributed by atoms with E-state index in [0.717, 1.165) is 17.3 Å². The Balaban J connectivity index is 2.91. The van der Waals surface area contributed by atoms with Gasteiger partial charge in [-0.3, -0.25) is 0 Å². The highest BCUT2D eigenvalue weighted by Gasteiger charge is 2.04. The molecule has 1 aromatic heterocycles. The molecule has 0 aliphatic rings. The fourth-order valence-electron chi connectivity index (χ4n) is 0.981. The molecule has 0 aliphatic heterocycles. The van der Waals surface area contributed by atoms with E-state index < -0.39 is 0 Å². The second-order valence-corrected chi connectivity index (χ2v) is 2.91. The first-order chi connectivity index (χ1) is 5.27. The van der Waals surface area contributed by atoms with Crippen molar-refractivity contribution in [1.82, 2.24) is 8.75 Å². The molecule has 0 radical (unpaired) electrons. The monoisotopic (exact) mass is 168 g/mol. The van der Waals surface area contributed by atoms with Gasteiger partial charge < -0.3 is 0 Å². The Morgan fingerprint density at radius 2 is 2.18 bits per heavy atom. The Kier molecular flexibility index (Phi) is 1.35. The topological polar surface area (TPSA) is 25.8 Å². The zero-order valence-corrected chi connectivity index (χ0v) is 6.65. The van der Waals surface area contributed by atoms with E-state index >= 15 is 0 Å². The number of aryl methyl sites for hydroxylation is 1. The molecule has 0 spiro atoms. The largest absolute Gasteiger partial charge is 0.204 e. The van der Waals surface area contributed by atoms with Crippen LogP contribution in [-0.4, -0.2) is 8.75 Å². The molecule has 0 N–H and O–H groups in total. The van der Waals surface area contributed by atoms with Crippen molar-refractivity contribution in [3.8, 4) is 0 Å². The molecule has 0 saturated carbocycles. The lowest BCUT2D eigenvalue weighted by molar-refractivity contribution is 0.636. The highest BCUT2D eigenvalue weighted by atomic mass is 32.1. The fraction of sp³-hybridized carbons (Fsp3) is 0.143. The Labute approximate surface area is 67.0 Å². The molecular weight excluding hydrogens is 163 g/mol. The summed E-state index contributed by atoms with van der Waals surface area (Å²) in [5.74, 6) is -0.284. The summed E-state index contributed by atoms with van der Waals surface area (Å²) in [6.45, 7) is 1.84. The minimum atomic E-state index is -0.284. The van der Waals surface area contributed by atoms with Gasteiger partial charge in [-0.05, 0) is 24.6 Å². The number of fused-ring (bicyclic) bond motifs is 1. The molecule has 0 aliphatic carbocycles. The summed E-state index contributed by atoms with van der Waals surface area (Å²) < 4.78 is 20.7. The molecule has 11 heavy (non-hydrogen) atoms. The number of nitrogens with zero attached hydrogens (tertiary/aromatic N) is 2. The molecule has 2 aromatic rings. The smallest absolute Gasteiger partial charge is 0.152 e. The molecule has 0 unspecified atom stereocenters. The third kappa shape index (κ3) is 0.991. The average molecular weight is 168 g/mol. The van der Waals surface area contributed by atoms with Gasteiger partial charge in [-0.1, -0.05) is 0 Å². The maximum absolute atomic E-state index is 13.0. The molecule has 4 heteroatoms. The van der Waals surface area contributed by atoms with Crippen molar-refractivity contribution in [3.05, 3.63) is 23.5 Å². The maximum atomic E-state index is 13.0. The Morgan fingerprint density at radius 1 is 1.36 bits per heavy atom. The number of hydrogen-bond acceptors (Lipinski definition) is 3. The van der Waals surface area contributed by atoms with Crippen molar-refractivity contribution in [2.75, 3.05) is 0 Å². The van der Waals surface area contributed by atoms with Crippen molar-refractivity contribution in [2.45, 2.75) is 6.92 Å². The van der Waals surface area contributed by atoms with Gasteiger partial charge in [0, 0.05) is 0 Å². The van der Waals surface area contributed by atoms with Crippen molar-refractivity contribution in [3.63, 3.8) is 0 Å². The van der Waals surface area contributed by atoms with Gasteiger partial charge in [0.15, 0.2) is 5.82 Å². The molecular formula is C7H5FN2S. The van der Waals surface area contributed by atoms with Gasteiger partial charge in [-0.15, -0.1) is 0 Å². The van der Waals surface area contributed by atoms with Gasteiger partial charge in [0.2, 0.25) is 0 Å².